The van der Waals surface area contributed by atoms with Crippen molar-refractivity contribution in [2.24, 2.45) is 0 Å². The molecule has 1 saturated heterocycles. The van der Waals surface area contributed by atoms with Crippen LogP contribution < -0.4 is 0 Å². The Morgan fingerprint density at radius 2 is 2.58 bits per heavy atom. The Labute approximate surface area is 81.3 Å². The lowest BCUT2D eigenvalue weighted by Crippen LogP contribution is -2.11. The molecule has 0 bridgehead atoms. The smallest absolute Gasteiger partial charge is 0.0939 e. The van der Waals surface area contributed by atoms with Gasteiger partial charge in [0.2, 0.25) is 0 Å². The van der Waals surface area contributed by atoms with Gasteiger partial charge in [0, 0.05) is 11.5 Å². The summed E-state index contributed by atoms with van der Waals surface area (Å²) in [5, 5.41) is 2.12. The van der Waals surface area contributed by atoms with E-state index in [0.29, 0.717) is 0 Å². The van der Waals surface area contributed by atoms with Gasteiger partial charge >= 0.3 is 0 Å². The van der Waals surface area contributed by atoms with Gasteiger partial charge in [-0.1, -0.05) is 6.07 Å². The Kier molecular flexibility index (Phi) is 2.69. The van der Waals surface area contributed by atoms with Gasteiger partial charge in [-0.2, -0.15) is 0 Å². The van der Waals surface area contributed by atoms with Crippen LogP contribution in [0, 0.1) is 0 Å². The van der Waals surface area contributed by atoms with Crippen molar-refractivity contribution >= 4 is 22.9 Å². The highest BCUT2D eigenvalue weighted by Crippen LogP contribution is 2.34. The van der Waals surface area contributed by atoms with Gasteiger partial charge in [0.1, 0.15) is 0 Å². The normalized spacial score (nSPS) is 25.9. The quantitative estimate of drug-likeness (QED) is 0.670. The minimum Gasteiger partial charge on any atom is -0.376 e. The summed E-state index contributed by atoms with van der Waals surface area (Å²) in [4.78, 5) is 1.23. The lowest BCUT2D eigenvalue weighted by Gasteiger charge is -2.14. The van der Waals surface area contributed by atoms with Crippen LogP contribution in [0.3, 0.4) is 0 Å². The molecule has 0 saturated carbocycles. The topological polar surface area (TPSA) is 9.23 Å². The zero-order chi connectivity index (χ0) is 8.39. The van der Waals surface area contributed by atoms with E-state index in [-0.39, 0.29) is 11.5 Å². The van der Waals surface area contributed by atoms with E-state index in [1.807, 2.05) is 6.07 Å². The van der Waals surface area contributed by atoms with Gasteiger partial charge in [0.25, 0.3) is 0 Å². The van der Waals surface area contributed by atoms with Crippen LogP contribution in [-0.4, -0.2) is 12.7 Å². The standard InChI is InChI=1S/C9H11ClOS/c10-9(7-3-1-5-11-7)8-4-2-6-12-8/h2,4,6-7,9H,1,3,5H2. The van der Waals surface area contributed by atoms with E-state index in [4.69, 9.17) is 16.3 Å². The summed E-state index contributed by atoms with van der Waals surface area (Å²) < 4.78 is 5.51. The first-order chi connectivity index (χ1) is 5.88. The zero-order valence-electron chi connectivity index (χ0n) is 6.70. The van der Waals surface area contributed by atoms with Crippen molar-refractivity contribution < 1.29 is 4.74 Å². The fourth-order valence-corrected chi connectivity index (χ4v) is 2.64. The summed E-state index contributed by atoms with van der Waals surface area (Å²) >= 11 is 7.95. The van der Waals surface area contributed by atoms with Gasteiger partial charge in [-0.3, -0.25) is 0 Å². The van der Waals surface area contributed by atoms with E-state index in [1.165, 1.54) is 4.88 Å². The molecule has 3 heteroatoms. The SMILES string of the molecule is ClC(c1cccs1)C1CCCO1. The molecule has 12 heavy (non-hydrogen) atoms. The van der Waals surface area contributed by atoms with E-state index in [9.17, 15) is 0 Å². The molecule has 1 aliphatic rings. The van der Waals surface area contributed by atoms with Crippen LogP contribution in [0.1, 0.15) is 23.1 Å². The third kappa shape index (κ3) is 1.65. The highest BCUT2D eigenvalue weighted by atomic mass is 35.5. The molecule has 1 fully saturated rings. The van der Waals surface area contributed by atoms with Crippen LogP contribution in [0.25, 0.3) is 0 Å². The van der Waals surface area contributed by atoms with Crippen molar-refractivity contribution in [2.45, 2.75) is 24.3 Å². The minimum atomic E-state index is 0.0625. The summed E-state index contributed by atoms with van der Waals surface area (Å²) in [6, 6.07) is 4.11. The van der Waals surface area contributed by atoms with Crippen LogP contribution in [0.15, 0.2) is 17.5 Å². The maximum absolute atomic E-state index is 6.24. The second kappa shape index (κ2) is 3.77. The highest BCUT2D eigenvalue weighted by molar-refractivity contribution is 7.10. The summed E-state index contributed by atoms with van der Waals surface area (Å²) in [6.45, 7) is 0.874. The van der Waals surface area contributed by atoms with E-state index in [1.54, 1.807) is 11.3 Å². The Hall–Kier alpha value is -0.0500. The molecule has 2 heterocycles. The molecule has 0 N–H and O–H groups in total. The number of rotatable bonds is 2. The highest BCUT2D eigenvalue weighted by Gasteiger charge is 2.25. The molecule has 0 radical (unpaired) electrons. The Bertz CT molecular complexity index is 229. The number of alkyl halides is 1. The molecule has 0 amide bonds. The van der Waals surface area contributed by atoms with Gasteiger partial charge in [-0.15, -0.1) is 22.9 Å². The largest absolute Gasteiger partial charge is 0.376 e. The Morgan fingerprint density at radius 1 is 1.67 bits per heavy atom. The molecule has 0 spiro atoms. The second-order valence-electron chi connectivity index (χ2n) is 2.97. The van der Waals surface area contributed by atoms with Crippen molar-refractivity contribution in [1.82, 2.24) is 0 Å². The van der Waals surface area contributed by atoms with Crippen molar-refractivity contribution in [3.8, 4) is 0 Å². The molecule has 1 aromatic heterocycles. The number of hydrogen-bond donors (Lipinski definition) is 0. The van der Waals surface area contributed by atoms with E-state index in [2.05, 4.69) is 11.4 Å². The van der Waals surface area contributed by atoms with Crippen LogP contribution in [-0.2, 0) is 4.74 Å². The average Bonchev–Trinajstić information content (AvgIpc) is 2.77. The van der Waals surface area contributed by atoms with Crippen LogP contribution >= 0.6 is 22.9 Å². The molecule has 1 nitrogen and oxygen atoms in total. The number of hydrogen-bond acceptors (Lipinski definition) is 2. The molecule has 2 unspecified atom stereocenters. The lowest BCUT2D eigenvalue weighted by atomic mass is 10.1. The maximum atomic E-state index is 6.24. The summed E-state index contributed by atoms with van der Waals surface area (Å²) in [5.41, 5.74) is 0. The predicted molar refractivity (Wildman–Crippen MR) is 51.9 cm³/mol. The molecule has 0 aliphatic carbocycles. The van der Waals surface area contributed by atoms with Crippen LogP contribution in [0.2, 0.25) is 0 Å². The predicted octanol–water partition coefficient (Wildman–Crippen LogP) is 3.21. The third-order valence-electron chi connectivity index (χ3n) is 2.11. The summed E-state index contributed by atoms with van der Waals surface area (Å²) in [5.74, 6) is 0. The van der Waals surface area contributed by atoms with Crippen molar-refractivity contribution in [1.29, 1.82) is 0 Å². The molecule has 66 valence electrons. The van der Waals surface area contributed by atoms with Crippen molar-refractivity contribution in [3.63, 3.8) is 0 Å². The fourth-order valence-electron chi connectivity index (χ4n) is 1.46. The second-order valence-corrected chi connectivity index (χ2v) is 4.42. The zero-order valence-corrected chi connectivity index (χ0v) is 8.27. The van der Waals surface area contributed by atoms with Crippen LogP contribution in [0.4, 0.5) is 0 Å². The molecule has 2 rings (SSSR count). The van der Waals surface area contributed by atoms with Gasteiger partial charge < -0.3 is 4.74 Å². The monoisotopic (exact) mass is 202 g/mol. The van der Waals surface area contributed by atoms with Crippen molar-refractivity contribution in [2.75, 3.05) is 6.61 Å². The molecule has 1 aliphatic heterocycles. The third-order valence-corrected chi connectivity index (χ3v) is 3.71. The van der Waals surface area contributed by atoms with E-state index >= 15 is 0 Å². The maximum Gasteiger partial charge on any atom is 0.0939 e. The van der Waals surface area contributed by atoms with Gasteiger partial charge in [0.05, 0.1) is 11.5 Å². The lowest BCUT2D eigenvalue weighted by molar-refractivity contribution is 0.108. The minimum absolute atomic E-state index is 0.0625. The number of thiophene rings is 1. The van der Waals surface area contributed by atoms with E-state index in [0.717, 1.165) is 19.4 Å². The van der Waals surface area contributed by atoms with Crippen molar-refractivity contribution in [3.05, 3.63) is 22.4 Å². The first-order valence-corrected chi connectivity index (χ1v) is 5.48. The molecular formula is C9H11ClOS. The summed E-state index contributed by atoms with van der Waals surface area (Å²) in [7, 11) is 0. The van der Waals surface area contributed by atoms with Crippen LogP contribution in [0.5, 0.6) is 0 Å². The molecule has 1 aromatic rings. The van der Waals surface area contributed by atoms with Gasteiger partial charge in [-0.05, 0) is 24.3 Å². The molecule has 2 atom stereocenters. The first-order valence-electron chi connectivity index (χ1n) is 4.17. The summed E-state index contributed by atoms with van der Waals surface area (Å²) in [6.07, 6.45) is 2.50. The Morgan fingerprint density at radius 3 is 3.17 bits per heavy atom. The Balaban J connectivity index is 2.04. The molecule has 0 aromatic carbocycles. The average molecular weight is 203 g/mol. The number of ether oxygens (including phenoxy) is 1. The first kappa shape index (κ1) is 8.54. The molecular weight excluding hydrogens is 192 g/mol. The fraction of sp³-hybridized carbons (Fsp3) is 0.556. The number of halogens is 1. The van der Waals surface area contributed by atoms with Gasteiger partial charge in [-0.25, -0.2) is 0 Å². The van der Waals surface area contributed by atoms with E-state index < -0.39 is 0 Å². The van der Waals surface area contributed by atoms with Gasteiger partial charge in [0.15, 0.2) is 0 Å².